The number of amides is 1. The van der Waals surface area contributed by atoms with Gasteiger partial charge in [0.1, 0.15) is 0 Å². The van der Waals surface area contributed by atoms with Gasteiger partial charge < -0.3 is 14.5 Å². The van der Waals surface area contributed by atoms with E-state index >= 15 is 0 Å². The van der Waals surface area contributed by atoms with Crippen LogP contribution in [-0.4, -0.2) is 55.2 Å². The quantitative estimate of drug-likeness (QED) is 0.693. The van der Waals surface area contributed by atoms with Gasteiger partial charge in [0.2, 0.25) is 0 Å². The van der Waals surface area contributed by atoms with E-state index in [4.69, 9.17) is 4.74 Å². The molecule has 29 heavy (non-hydrogen) atoms. The molecule has 162 valence electrons. The number of benzene rings is 1. The lowest BCUT2D eigenvalue weighted by Gasteiger charge is -2.37. The molecule has 2 aliphatic heterocycles. The molecule has 2 aliphatic rings. The van der Waals surface area contributed by atoms with Crippen molar-refractivity contribution in [2.24, 2.45) is 5.92 Å². The molecular formula is C22H31F3N2O2. The van der Waals surface area contributed by atoms with Crippen LogP contribution in [-0.2, 0) is 10.9 Å². The smallest absolute Gasteiger partial charge is 0.416 e. The lowest BCUT2D eigenvalue weighted by Crippen LogP contribution is -2.43. The average molecular weight is 412 g/mol. The molecule has 0 aromatic heterocycles. The van der Waals surface area contributed by atoms with Crippen LogP contribution in [0.3, 0.4) is 0 Å². The number of rotatable bonds is 4. The molecule has 3 rings (SSSR count). The van der Waals surface area contributed by atoms with E-state index in [9.17, 15) is 18.0 Å². The van der Waals surface area contributed by atoms with Crippen molar-refractivity contribution >= 4 is 6.09 Å². The van der Waals surface area contributed by atoms with Crippen molar-refractivity contribution < 1.29 is 22.7 Å². The highest BCUT2D eigenvalue weighted by molar-refractivity contribution is 5.67. The van der Waals surface area contributed by atoms with Crippen molar-refractivity contribution in [2.75, 3.05) is 39.3 Å². The van der Waals surface area contributed by atoms with Gasteiger partial charge in [-0.25, -0.2) is 4.79 Å². The van der Waals surface area contributed by atoms with Crippen LogP contribution in [0, 0.1) is 12.8 Å². The summed E-state index contributed by atoms with van der Waals surface area (Å²) in [5.74, 6) is 0.756. The number of ether oxygens (including phenoxy) is 1. The third-order valence-corrected chi connectivity index (χ3v) is 6.37. The molecule has 0 atom stereocenters. The number of alkyl halides is 3. The summed E-state index contributed by atoms with van der Waals surface area (Å²) < 4.78 is 44.7. The predicted molar refractivity (Wildman–Crippen MR) is 106 cm³/mol. The monoisotopic (exact) mass is 412 g/mol. The first-order valence-electron chi connectivity index (χ1n) is 10.6. The Morgan fingerprint density at radius 1 is 1.10 bits per heavy atom. The highest BCUT2D eigenvalue weighted by atomic mass is 19.4. The largest absolute Gasteiger partial charge is 0.450 e. The lowest BCUT2D eigenvalue weighted by molar-refractivity contribution is -0.138. The van der Waals surface area contributed by atoms with Crippen LogP contribution in [0.4, 0.5) is 18.0 Å². The van der Waals surface area contributed by atoms with Gasteiger partial charge in [-0.2, -0.15) is 13.2 Å². The minimum absolute atomic E-state index is 0.194. The standard InChI is InChI=1S/C22H31F3N2O2/c1-3-29-21(28)27-13-7-17(8-14-27)15-26-11-9-18(10-12-26)19-5-4-6-20(16(19)2)22(23,24)25/h4-6,17-18H,3,7-15H2,1-2H3. The molecule has 0 unspecified atom stereocenters. The fourth-order valence-corrected chi connectivity index (χ4v) is 4.71. The molecule has 2 fully saturated rings. The number of hydrogen-bond acceptors (Lipinski definition) is 3. The van der Waals surface area contributed by atoms with Gasteiger partial charge in [0.15, 0.2) is 0 Å². The first-order valence-corrected chi connectivity index (χ1v) is 10.6. The number of hydrogen-bond donors (Lipinski definition) is 0. The minimum Gasteiger partial charge on any atom is -0.450 e. The van der Waals surface area contributed by atoms with Crippen LogP contribution in [0.25, 0.3) is 0 Å². The highest BCUT2D eigenvalue weighted by Gasteiger charge is 2.34. The SMILES string of the molecule is CCOC(=O)N1CCC(CN2CCC(c3cccc(C(F)(F)F)c3C)CC2)CC1. The predicted octanol–water partition coefficient (Wildman–Crippen LogP) is 5.06. The maximum absolute atomic E-state index is 13.2. The summed E-state index contributed by atoms with van der Waals surface area (Å²) in [6.07, 6.45) is -0.771. The Morgan fingerprint density at radius 2 is 1.76 bits per heavy atom. The van der Waals surface area contributed by atoms with Crippen LogP contribution in [0.2, 0.25) is 0 Å². The van der Waals surface area contributed by atoms with Gasteiger partial charge in [-0.1, -0.05) is 12.1 Å². The second-order valence-corrected chi connectivity index (χ2v) is 8.22. The van der Waals surface area contributed by atoms with Crippen LogP contribution < -0.4 is 0 Å². The zero-order valence-corrected chi connectivity index (χ0v) is 17.3. The Morgan fingerprint density at radius 3 is 2.34 bits per heavy atom. The molecule has 1 aromatic rings. The van der Waals surface area contributed by atoms with E-state index in [1.165, 1.54) is 12.1 Å². The number of nitrogens with zero attached hydrogens (tertiary/aromatic N) is 2. The minimum atomic E-state index is -4.29. The Labute approximate surface area is 171 Å². The summed E-state index contributed by atoms with van der Waals surface area (Å²) in [6.45, 7) is 8.13. The van der Waals surface area contributed by atoms with Crippen molar-refractivity contribution in [3.8, 4) is 0 Å². The summed E-state index contributed by atoms with van der Waals surface area (Å²) in [4.78, 5) is 16.0. The van der Waals surface area contributed by atoms with Crippen LogP contribution in [0.5, 0.6) is 0 Å². The number of carbonyl (C=O) groups is 1. The van der Waals surface area contributed by atoms with E-state index in [1.54, 1.807) is 11.8 Å². The maximum Gasteiger partial charge on any atom is 0.416 e. The van der Waals surface area contributed by atoms with E-state index in [1.807, 2.05) is 13.0 Å². The first kappa shape index (κ1) is 21.9. The molecule has 0 spiro atoms. The highest BCUT2D eigenvalue weighted by Crippen LogP contribution is 2.37. The average Bonchev–Trinajstić information content (AvgIpc) is 2.69. The molecule has 0 aliphatic carbocycles. The zero-order chi connectivity index (χ0) is 21.0. The zero-order valence-electron chi connectivity index (χ0n) is 17.3. The second kappa shape index (κ2) is 9.37. The Balaban J connectivity index is 1.49. The molecule has 4 nitrogen and oxygen atoms in total. The molecule has 0 saturated carbocycles. The van der Waals surface area contributed by atoms with Crippen LogP contribution in [0.1, 0.15) is 55.2 Å². The van der Waals surface area contributed by atoms with Crippen molar-refractivity contribution in [2.45, 2.75) is 51.6 Å². The third kappa shape index (κ3) is 5.44. The number of carbonyl (C=O) groups excluding carboxylic acids is 1. The molecule has 2 saturated heterocycles. The van der Waals surface area contributed by atoms with Crippen molar-refractivity contribution in [1.82, 2.24) is 9.80 Å². The fraction of sp³-hybridized carbons (Fsp3) is 0.682. The van der Waals surface area contributed by atoms with Crippen LogP contribution in [0.15, 0.2) is 18.2 Å². The normalized spacial score (nSPS) is 20.1. The molecular weight excluding hydrogens is 381 g/mol. The van der Waals surface area contributed by atoms with E-state index < -0.39 is 11.7 Å². The summed E-state index contributed by atoms with van der Waals surface area (Å²) in [5, 5.41) is 0. The van der Waals surface area contributed by atoms with Gasteiger partial charge in [-0.05, 0) is 81.6 Å². The number of likely N-dealkylation sites (tertiary alicyclic amines) is 2. The van der Waals surface area contributed by atoms with Gasteiger partial charge in [0.25, 0.3) is 0 Å². The molecule has 7 heteroatoms. The van der Waals surface area contributed by atoms with Crippen molar-refractivity contribution in [3.05, 3.63) is 34.9 Å². The van der Waals surface area contributed by atoms with Gasteiger partial charge in [0, 0.05) is 19.6 Å². The van der Waals surface area contributed by atoms with E-state index in [0.29, 0.717) is 18.1 Å². The fourth-order valence-electron chi connectivity index (χ4n) is 4.71. The topological polar surface area (TPSA) is 32.8 Å². The number of piperidine rings is 2. The van der Waals surface area contributed by atoms with E-state index in [0.717, 1.165) is 64.0 Å². The lowest BCUT2D eigenvalue weighted by atomic mass is 9.84. The molecule has 1 amide bonds. The number of halogens is 3. The van der Waals surface area contributed by atoms with Gasteiger partial charge in [-0.3, -0.25) is 0 Å². The van der Waals surface area contributed by atoms with Crippen molar-refractivity contribution in [3.63, 3.8) is 0 Å². The van der Waals surface area contributed by atoms with Gasteiger partial charge >= 0.3 is 12.3 Å². The molecule has 0 N–H and O–H groups in total. The molecule has 0 bridgehead atoms. The maximum atomic E-state index is 13.2. The molecule has 0 radical (unpaired) electrons. The Bertz CT molecular complexity index is 692. The summed E-state index contributed by atoms with van der Waals surface area (Å²) in [5.41, 5.74) is 0.720. The van der Waals surface area contributed by atoms with E-state index in [-0.39, 0.29) is 12.0 Å². The van der Waals surface area contributed by atoms with E-state index in [2.05, 4.69) is 4.90 Å². The van der Waals surface area contributed by atoms with Crippen molar-refractivity contribution in [1.29, 1.82) is 0 Å². The first-order chi connectivity index (χ1) is 13.8. The van der Waals surface area contributed by atoms with Gasteiger partial charge in [-0.15, -0.1) is 0 Å². The summed E-state index contributed by atoms with van der Waals surface area (Å²) >= 11 is 0. The third-order valence-electron chi connectivity index (χ3n) is 6.37. The Kier molecular flexibility index (Phi) is 7.09. The Hall–Kier alpha value is -1.76. The van der Waals surface area contributed by atoms with Crippen LogP contribution >= 0.6 is 0 Å². The van der Waals surface area contributed by atoms with Gasteiger partial charge in [0.05, 0.1) is 12.2 Å². The second-order valence-electron chi connectivity index (χ2n) is 8.22. The molecule has 2 heterocycles. The molecule has 1 aromatic carbocycles. The summed E-state index contributed by atoms with van der Waals surface area (Å²) in [7, 11) is 0. The summed E-state index contributed by atoms with van der Waals surface area (Å²) in [6, 6.07) is 4.57.